The second-order valence-electron chi connectivity index (χ2n) is 23.8. The lowest BCUT2D eigenvalue weighted by molar-refractivity contribution is -0.207. The van der Waals surface area contributed by atoms with Crippen molar-refractivity contribution >= 4 is 8.38 Å². The van der Waals surface area contributed by atoms with Crippen molar-refractivity contribution in [2.75, 3.05) is 20.4 Å². The number of hydrogen-bond donors (Lipinski definition) is 0. The lowest BCUT2D eigenvalue weighted by atomic mass is 9.59. The number of hydrogen-bond acceptors (Lipinski definition) is 7. The topological polar surface area (TPSA) is 64.6 Å². The van der Waals surface area contributed by atoms with E-state index in [1.807, 2.05) is 30.3 Å². The zero-order valence-corrected chi connectivity index (χ0v) is 49.9. The fraction of sp³-hybridized carbons (Fsp3) is 0.211. The Kier molecular flexibility index (Phi) is 15.2. The van der Waals surface area contributed by atoms with Crippen LogP contribution in [0.2, 0.25) is 0 Å². The molecule has 7 nitrogen and oxygen atoms in total. The summed E-state index contributed by atoms with van der Waals surface area (Å²) in [4.78, 5) is 0. The highest BCUT2D eigenvalue weighted by atomic mass is 31.2. The van der Waals surface area contributed by atoms with Crippen LogP contribution in [0.3, 0.4) is 0 Å². The van der Waals surface area contributed by atoms with Gasteiger partial charge in [0.05, 0.1) is 19.6 Å². The van der Waals surface area contributed by atoms with Crippen LogP contribution in [0.4, 0.5) is 0 Å². The molecule has 0 aliphatic carbocycles. The molecular weight excluding hydrogens is 1060 g/mol. The molecule has 84 heavy (non-hydrogen) atoms. The third-order valence-electron chi connectivity index (χ3n) is 16.8. The quantitative estimate of drug-likeness (QED) is 0.0948. The minimum absolute atomic E-state index is 0.486. The van der Waals surface area contributed by atoms with Crippen LogP contribution in [-0.4, -0.2) is 26.9 Å². The van der Waals surface area contributed by atoms with Crippen molar-refractivity contribution in [3.8, 4) is 34.1 Å². The molecule has 2 aliphatic heterocycles. The summed E-state index contributed by atoms with van der Waals surface area (Å²) in [6, 6.07) is 92.7. The minimum atomic E-state index is -1.83. The molecule has 0 spiro atoms. The molecule has 2 fully saturated rings. The second kappa shape index (κ2) is 22.7. The van der Waals surface area contributed by atoms with E-state index in [0.29, 0.717) is 34.7 Å². The molecule has 10 aromatic rings. The van der Waals surface area contributed by atoms with E-state index in [9.17, 15) is 0 Å². The third-order valence-corrected chi connectivity index (χ3v) is 18.4. The van der Waals surface area contributed by atoms with Crippen molar-refractivity contribution in [2.24, 2.45) is 0 Å². The summed E-state index contributed by atoms with van der Waals surface area (Å²) >= 11 is 0. The Morgan fingerprint density at radius 2 is 0.655 bits per heavy atom. The van der Waals surface area contributed by atoms with Crippen molar-refractivity contribution in [1.82, 2.24) is 0 Å². The van der Waals surface area contributed by atoms with Gasteiger partial charge in [0.1, 0.15) is 28.6 Å². The van der Waals surface area contributed by atoms with Gasteiger partial charge in [-0.15, -0.1) is 0 Å². The van der Waals surface area contributed by atoms with Crippen LogP contribution in [0.25, 0.3) is 11.1 Å². The summed E-state index contributed by atoms with van der Waals surface area (Å²) in [7, 11) is 1.58. The summed E-state index contributed by atoms with van der Waals surface area (Å²) in [6.45, 7) is 11.9. The first kappa shape index (κ1) is 56.2. The van der Waals surface area contributed by atoms with Crippen LogP contribution in [-0.2, 0) is 47.0 Å². The molecule has 0 N–H and O–H groups in total. The van der Waals surface area contributed by atoms with Crippen molar-refractivity contribution < 1.29 is 32.7 Å². The van der Waals surface area contributed by atoms with E-state index in [4.69, 9.17) is 32.7 Å². The Balaban J connectivity index is 1.10. The van der Waals surface area contributed by atoms with E-state index in [0.717, 1.165) is 61.2 Å². The SMILES string of the molecule is COc1cc(-c2cc(OC)cc(C(C)(C)C)c2OP2CC(c3ccccc3)(c3ccccc3)C(c3ccccc3)(c3ccccc3)O2)c(OC2OC(c3ccccc3)(c3ccccc3)C(c3ccccc3)(c3ccccc3)O2)c(C(C)(C)C)c1. The number of methoxy groups -OCH3 is 2. The first-order valence-electron chi connectivity index (χ1n) is 28.8. The van der Waals surface area contributed by atoms with Gasteiger partial charge in [-0.05, 0) is 79.6 Å². The van der Waals surface area contributed by atoms with E-state index in [2.05, 4.69) is 278 Å². The molecule has 0 radical (unpaired) electrons. The summed E-state index contributed by atoms with van der Waals surface area (Å²) < 4.78 is 51.9. The summed E-state index contributed by atoms with van der Waals surface area (Å²) in [5.41, 5.74) is 5.52. The number of benzene rings is 10. The largest absolute Gasteiger partial charge is 0.497 e. The van der Waals surface area contributed by atoms with Crippen LogP contribution >= 0.6 is 8.38 Å². The van der Waals surface area contributed by atoms with Gasteiger partial charge >= 0.3 is 6.48 Å². The predicted molar refractivity (Wildman–Crippen MR) is 337 cm³/mol. The van der Waals surface area contributed by atoms with E-state index in [-0.39, 0.29) is 0 Å². The molecule has 2 saturated heterocycles. The van der Waals surface area contributed by atoms with Gasteiger partial charge in [-0.3, -0.25) is 9.47 Å². The summed E-state index contributed by atoms with van der Waals surface area (Å²) in [5, 5.41) is 0. The molecular formula is C76H71O7P. The Labute approximate surface area is 496 Å². The fourth-order valence-electron chi connectivity index (χ4n) is 12.9. The lowest BCUT2D eigenvalue weighted by Gasteiger charge is -2.45. The average molecular weight is 1130 g/mol. The Bertz CT molecular complexity index is 3240. The van der Waals surface area contributed by atoms with E-state index >= 15 is 0 Å². The van der Waals surface area contributed by atoms with Crippen molar-refractivity contribution in [2.45, 2.75) is 81.1 Å². The zero-order chi connectivity index (χ0) is 58.2. The minimum Gasteiger partial charge on any atom is -0.497 e. The van der Waals surface area contributed by atoms with Crippen LogP contribution in [0, 0.1) is 0 Å². The molecule has 1 atom stereocenters. The molecule has 0 amide bonds. The summed E-state index contributed by atoms with van der Waals surface area (Å²) in [5.74, 6) is 2.45. The third kappa shape index (κ3) is 9.58. The van der Waals surface area contributed by atoms with Crippen LogP contribution in [0.1, 0.15) is 97.2 Å². The monoisotopic (exact) mass is 1130 g/mol. The molecule has 8 heteroatoms. The van der Waals surface area contributed by atoms with Crippen LogP contribution in [0.15, 0.2) is 267 Å². The highest BCUT2D eigenvalue weighted by Gasteiger charge is 2.67. The second-order valence-corrected chi connectivity index (χ2v) is 25.1. The van der Waals surface area contributed by atoms with Gasteiger partial charge in [0.25, 0.3) is 0 Å². The smallest absolute Gasteiger partial charge is 0.318 e. The van der Waals surface area contributed by atoms with Gasteiger partial charge in [-0.25, -0.2) is 0 Å². The standard InChI is InChI=1S/C76H71O7P/c1-71(2,3)66-51-62(77-7)49-64(68(66)79-70-80-75(58-41-25-13-26-42-58,59-43-27-14-28-44-59)76(81-70,60-45-29-15-30-46-60)61-47-31-16-32-48-61)65-50-63(78-8)52-67(72(4,5)6)69(65)82-84-53-73(54-33-17-9-18-34-54,55-35-19-10-20-36-55)74(83-84,56-37-21-11-22-38-56)57-39-23-12-24-40-57/h9-52,70H,53H2,1-8H3. The molecule has 422 valence electrons. The van der Waals surface area contributed by atoms with Gasteiger partial charge in [0, 0.05) is 28.4 Å². The maximum absolute atomic E-state index is 8.06. The van der Waals surface area contributed by atoms with Gasteiger partial charge in [-0.1, -0.05) is 284 Å². The predicted octanol–water partition coefficient (Wildman–Crippen LogP) is 18.2. The van der Waals surface area contributed by atoms with Crippen molar-refractivity contribution in [3.63, 3.8) is 0 Å². The Morgan fingerprint density at radius 3 is 0.964 bits per heavy atom. The lowest BCUT2D eigenvalue weighted by Crippen LogP contribution is -2.49. The first-order chi connectivity index (χ1) is 40.8. The zero-order valence-electron chi connectivity index (χ0n) is 49.0. The molecule has 10 aromatic carbocycles. The normalized spacial score (nSPS) is 17.1. The first-order valence-corrected chi connectivity index (χ1v) is 30.2. The molecule has 12 rings (SSSR count). The molecule has 0 aromatic heterocycles. The van der Waals surface area contributed by atoms with Gasteiger partial charge in [0.2, 0.25) is 8.38 Å². The number of rotatable bonds is 15. The average Bonchev–Trinajstić information content (AvgIpc) is 1.81. The van der Waals surface area contributed by atoms with Gasteiger partial charge in [0.15, 0.2) is 11.2 Å². The molecule has 0 saturated carbocycles. The van der Waals surface area contributed by atoms with Crippen molar-refractivity contribution in [3.05, 3.63) is 323 Å². The fourth-order valence-corrected chi connectivity index (χ4v) is 15.2. The maximum Gasteiger partial charge on any atom is 0.318 e. The Hall–Kier alpha value is -8.29. The molecule has 2 aliphatic rings. The Morgan fingerprint density at radius 1 is 0.369 bits per heavy atom. The van der Waals surface area contributed by atoms with Crippen LogP contribution in [0.5, 0.6) is 23.0 Å². The summed E-state index contributed by atoms with van der Waals surface area (Å²) in [6.07, 6.45) is 0.496. The van der Waals surface area contributed by atoms with E-state index < -0.39 is 47.9 Å². The highest BCUT2D eigenvalue weighted by molar-refractivity contribution is 7.48. The maximum atomic E-state index is 8.06. The van der Waals surface area contributed by atoms with E-state index in [1.165, 1.54) is 0 Å². The molecule has 1 unspecified atom stereocenters. The van der Waals surface area contributed by atoms with E-state index in [1.54, 1.807) is 14.2 Å². The van der Waals surface area contributed by atoms with Gasteiger partial charge < -0.3 is 23.3 Å². The van der Waals surface area contributed by atoms with Crippen molar-refractivity contribution in [1.29, 1.82) is 0 Å². The molecule has 2 heterocycles. The van der Waals surface area contributed by atoms with Gasteiger partial charge in [-0.2, -0.15) is 0 Å². The highest BCUT2D eigenvalue weighted by Crippen LogP contribution is 2.70. The number of ether oxygens (including phenoxy) is 5. The molecule has 0 bridgehead atoms. The van der Waals surface area contributed by atoms with Crippen LogP contribution < -0.4 is 18.7 Å².